The SMILES string of the molecule is Cc1ccc(-n2c(SCC(=O)c3cccs3)nc3c(c2=O)C2(CCCCC2)Cc2ccccc2-3)cc1. The monoisotopic (exact) mass is 512 g/mol. The molecule has 4 aromatic rings. The predicted molar refractivity (Wildman–Crippen MR) is 148 cm³/mol. The van der Waals surface area contributed by atoms with E-state index in [0.29, 0.717) is 5.16 Å². The van der Waals surface area contributed by atoms with Crippen molar-refractivity contribution in [2.24, 2.45) is 0 Å². The van der Waals surface area contributed by atoms with Gasteiger partial charge in [0.2, 0.25) is 0 Å². The van der Waals surface area contributed by atoms with Crippen molar-refractivity contribution in [1.82, 2.24) is 9.55 Å². The second-order valence-electron chi connectivity index (χ2n) is 9.96. The number of thiophene rings is 1. The molecule has 6 rings (SSSR count). The summed E-state index contributed by atoms with van der Waals surface area (Å²) in [5, 5.41) is 2.49. The second-order valence-corrected chi connectivity index (χ2v) is 11.8. The Morgan fingerprint density at radius 1 is 1.03 bits per heavy atom. The van der Waals surface area contributed by atoms with Gasteiger partial charge in [0, 0.05) is 11.0 Å². The highest BCUT2D eigenvalue weighted by atomic mass is 32.2. The highest BCUT2D eigenvalue weighted by Gasteiger charge is 2.43. The Bertz CT molecular complexity index is 1480. The molecule has 1 spiro atoms. The number of carbonyl (C=O) groups excluding carboxylic acids is 1. The molecule has 4 nitrogen and oxygen atoms in total. The van der Waals surface area contributed by atoms with E-state index < -0.39 is 0 Å². The van der Waals surface area contributed by atoms with Crippen molar-refractivity contribution in [3.05, 3.63) is 98.0 Å². The van der Waals surface area contributed by atoms with E-state index in [0.717, 1.165) is 65.1 Å². The van der Waals surface area contributed by atoms with E-state index in [1.165, 1.54) is 35.1 Å². The number of aryl methyl sites for hydroxylation is 1. The molecule has 2 aromatic carbocycles. The van der Waals surface area contributed by atoms with Crippen molar-refractivity contribution in [2.45, 2.75) is 56.0 Å². The summed E-state index contributed by atoms with van der Waals surface area (Å²) < 4.78 is 1.76. The molecule has 0 aliphatic heterocycles. The summed E-state index contributed by atoms with van der Waals surface area (Å²) in [5.41, 5.74) is 5.81. The van der Waals surface area contributed by atoms with E-state index in [4.69, 9.17) is 4.98 Å². The lowest BCUT2D eigenvalue weighted by Gasteiger charge is -2.42. The van der Waals surface area contributed by atoms with Crippen LogP contribution in [0.15, 0.2) is 76.0 Å². The van der Waals surface area contributed by atoms with E-state index in [9.17, 15) is 9.59 Å². The van der Waals surface area contributed by atoms with Crippen molar-refractivity contribution >= 4 is 28.9 Å². The van der Waals surface area contributed by atoms with Crippen LogP contribution in [0.5, 0.6) is 0 Å². The molecule has 2 heterocycles. The van der Waals surface area contributed by atoms with Crippen molar-refractivity contribution in [3.8, 4) is 16.9 Å². The number of benzene rings is 2. The van der Waals surface area contributed by atoms with Gasteiger partial charge in [-0.15, -0.1) is 11.3 Å². The summed E-state index contributed by atoms with van der Waals surface area (Å²) in [6.07, 6.45) is 6.42. The molecule has 0 atom stereocenters. The predicted octanol–water partition coefficient (Wildman–Crippen LogP) is 7.00. The van der Waals surface area contributed by atoms with Crippen molar-refractivity contribution in [1.29, 1.82) is 0 Å². The molecule has 2 aliphatic carbocycles. The molecule has 2 aromatic heterocycles. The third kappa shape index (κ3) is 4.06. The molecule has 1 saturated carbocycles. The maximum Gasteiger partial charge on any atom is 0.263 e. The fourth-order valence-electron chi connectivity index (χ4n) is 5.84. The Labute approximate surface area is 219 Å². The van der Waals surface area contributed by atoms with Gasteiger partial charge in [-0.05, 0) is 55.3 Å². The third-order valence-corrected chi connectivity index (χ3v) is 9.46. The van der Waals surface area contributed by atoms with Crippen molar-refractivity contribution < 1.29 is 4.79 Å². The van der Waals surface area contributed by atoms with Crippen LogP contribution in [-0.4, -0.2) is 21.1 Å². The molecule has 0 amide bonds. The van der Waals surface area contributed by atoms with Crippen molar-refractivity contribution in [2.75, 3.05) is 5.75 Å². The molecule has 0 N–H and O–H groups in total. The van der Waals surface area contributed by atoms with Gasteiger partial charge in [-0.1, -0.05) is 79.1 Å². The van der Waals surface area contributed by atoms with E-state index in [2.05, 4.69) is 18.2 Å². The van der Waals surface area contributed by atoms with E-state index in [1.54, 1.807) is 4.57 Å². The molecule has 1 fully saturated rings. The zero-order chi connectivity index (χ0) is 24.7. The zero-order valence-electron chi connectivity index (χ0n) is 20.3. The Balaban J connectivity index is 1.55. The standard InChI is InChI=1S/C30H28N2O2S2/c1-20-11-13-22(14-12-20)32-28(34)26-27(31-29(32)36-19-24(33)25-10-7-17-35-25)23-9-4-3-8-21(23)18-30(26)15-5-2-6-16-30/h3-4,7-14,17H,2,5-6,15-16,18-19H2,1H3. The molecule has 2 aliphatic rings. The number of aromatic nitrogens is 2. The van der Waals surface area contributed by atoms with Gasteiger partial charge in [0.05, 0.1) is 27.6 Å². The van der Waals surface area contributed by atoms with Crippen LogP contribution >= 0.6 is 23.1 Å². The fraction of sp³-hybridized carbons (Fsp3) is 0.300. The molecular weight excluding hydrogens is 484 g/mol. The first-order chi connectivity index (χ1) is 17.6. The summed E-state index contributed by atoms with van der Waals surface area (Å²) in [6.45, 7) is 2.04. The highest BCUT2D eigenvalue weighted by Crippen LogP contribution is 2.49. The number of Topliss-reactive ketones (excluding diaryl/α,β-unsaturated/α-hetero) is 1. The minimum absolute atomic E-state index is 0.0197. The molecule has 0 saturated heterocycles. The minimum Gasteiger partial charge on any atom is -0.292 e. The lowest BCUT2D eigenvalue weighted by molar-refractivity contribution is 0.102. The molecule has 6 heteroatoms. The van der Waals surface area contributed by atoms with Gasteiger partial charge in [-0.25, -0.2) is 4.98 Å². The Morgan fingerprint density at radius 2 is 1.81 bits per heavy atom. The first kappa shape index (κ1) is 23.4. The highest BCUT2D eigenvalue weighted by molar-refractivity contribution is 7.99. The lowest BCUT2D eigenvalue weighted by atomic mass is 9.62. The number of thioether (sulfide) groups is 1. The quantitative estimate of drug-likeness (QED) is 0.164. The smallest absolute Gasteiger partial charge is 0.263 e. The summed E-state index contributed by atoms with van der Waals surface area (Å²) in [5.74, 6) is 0.297. The van der Waals surface area contributed by atoms with Gasteiger partial charge in [0.25, 0.3) is 5.56 Å². The van der Waals surface area contributed by atoms with Crippen LogP contribution in [0.1, 0.15) is 58.5 Å². The maximum absolute atomic E-state index is 14.5. The fourth-order valence-corrected chi connectivity index (χ4v) is 7.49. The number of nitrogens with zero attached hydrogens (tertiary/aromatic N) is 2. The third-order valence-electron chi connectivity index (χ3n) is 7.62. The van der Waals surface area contributed by atoms with E-state index >= 15 is 0 Å². The van der Waals surface area contributed by atoms with Crippen LogP contribution in [0, 0.1) is 6.92 Å². The summed E-state index contributed by atoms with van der Waals surface area (Å²) >= 11 is 2.81. The van der Waals surface area contributed by atoms with Gasteiger partial charge < -0.3 is 0 Å². The van der Waals surface area contributed by atoms with Gasteiger partial charge >= 0.3 is 0 Å². The molecule has 0 radical (unpaired) electrons. The van der Waals surface area contributed by atoms with Gasteiger partial charge in [0.1, 0.15) is 0 Å². The normalized spacial score (nSPS) is 15.9. The first-order valence-electron chi connectivity index (χ1n) is 12.6. The first-order valence-corrected chi connectivity index (χ1v) is 14.4. The van der Waals surface area contributed by atoms with E-state index in [1.807, 2.05) is 54.8 Å². The Morgan fingerprint density at radius 3 is 2.56 bits per heavy atom. The van der Waals surface area contributed by atoms with Crippen LogP contribution in [0.2, 0.25) is 0 Å². The molecular formula is C30H28N2O2S2. The number of carbonyl (C=O) groups is 1. The van der Waals surface area contributed by atoms with Gasteiger partial charge in [0.15, 0.2) is 10.9 Å². The number of hydrogen-bond acceptors (Lipinski definition) is 5. The lowest BCUT2D eigenvalue weighted by Crippen LogP contribution is -2.42. The second kappa shape index (κ2) is 9.49. The zero-order valence-corrected chi connectivity index (χ0v) is 22.0. The molecule has 0 unspecified atom stereocenters. The van der Waals surface area contributed by atoms with Gasteiger partial charge in [-0.3, -0.25) is 14.2 Å². The van der Waals surface area contributed by atoms with Gasteiger partial charge in [-0.2, -0.15) is 0 Å². The van der Waals surface area contributed by atoms with E-state index in [-0.39, 0.29) is 22.5 Å². The topological polar surface area (TPSA) is 52.0 Å². The van der Waals surface area contributed by atoms with Crippen molar-refractivity contribution in [3.63, 3.8) is 0 Å². The van der Waals surface area contributed by atoms with Crippen LogP contribution < -0.4 is 5.56 Å². The Kier molecular flexibility index (Phi) is 6.18. The number of fused-ring (bicyclic) bond motifs is 4. The minimum atomic E-state index is -0.172. The summed E-state index contributed by atoms with van der Waals surface area (Å²) in [7, 11) is 0. The average molecular weight is 513 g/mol. The largest absolute Gasteiger partial charge is 0.292 e. The number of ketones is 1. The van der Waals surface area contributed by atoms with Crippen LogP contribution in [0.3, 0.4) is 0 Å². The molecule has 0 bridgehead atoms. The number of hydrogen-bond donors (Lipinski definition) is 0. The Hall–Kier alpha value is -2.96. The van der Waals surface area contributed by atoms with Crippen LogP contribution in [0.4, 0.5) is 0 Å². The van der Waals surface area contributed by atoms with Crippen LogP contribution in [0.25, 0.3) is 16.9 Å². The average Bonchev–Trinajstić information content (AvgIpc) is 3.44. The molecule has 36 heavy (non-hydrogen) atoms. The van der Waals surface area contributed by atoms with Crippen LogP contribution in [-0.2, 0) is 11.8 Å². The molecule has 182 valence electrons. The maximum atomic E-state index is 14.5. The summed E-state index contributed by atoms with van der Waals surface area (Å²) in [4.78, 5) is 33.3. The number of rotatable bonds is 5. The summed E-state index contributed by atoms with van der Waals surface area (Å²) in [6, 6.07) is 20.2.